The van der Waals surface area contributed by atoms with Crippen molar-refractivity contribution in [3.63, 3.8) is 0 Å². The maximum Gasteiger partial charge on any atom is 0.0303 e. The highest BCUT2D eigenvalue weighted by Crippen LogP contribution is 2.08. The van der Waals surface area contributed by atoms with E-state index in [1.54, 1.807) is 0 Å². The topological polar surface area (TPSA) is 6.48 Å². The Kier molecular flexibility index (Phi) is 7.49. The van der Waals surface area contributed by atoms with Crippen LogP contribution in [0.3, 0.4) is 0 Å². The quantitative estimate of drug-likeness (QED) is 0.710. The number of piperazine rings is 1. The SMILES string of the molecule is C=C(C)N1CCN(CC(C)C)CC1.CC. The highest BCUT2D eigenvalue weighted by molar-refractivity contribution is 4.91. The molecule has 1 rings (SSSR count). The zero-order chi connectivity index (χ0) is 11.8. The first-order valence-electron chi connectivity index (χ1n) is 6.22. The number of allylic oxidation sites excluding steroid dienone is 1. The van der Waals surface area contributed by atoms with Crippen LogP contribution in [0.5, 0.6) is 0 Å². The summed E-state index contributed by atoms with van der Waals surface area (Å²) in [6, 6.07) is 0. The van der Waals surface area contributed by atoms with Gasteiger partial charge in [0.2, 0.25) is 0 Å². The predicted molar refractivity (Wildman–Crippen MR) is 69.0 cm³/mol. The predicted octanol–water partition coefficient (Wildman–Crippen LogP) is 2.82. The number of hydrogen-bond donors (Lipinski definition) is 0. The first-order chi connectivity index (χ1) is 7.09. The van der Waals surface area contributed by atoms with Gasteiger partial charge < -0.3 is 4.90 Å². The van der Waals surface area contributed by atoms with E-state index in [2.05, 4.69) is 37.1 Å². The highest BCUT2D eigenvalue weighted by Gasteiger charge is 2.16. The van der Waals surface area contributed by atoms with Crippen molar-refractivity contribution in [3.8, 4) is 0 Å². The number of nitrogens with zero attached hydrogens (tertiary/aromatic N) is 2. The molecule has 0 bridgehead atoms. The molecule has 1 fully saturated rings. The van der Waals surface area contributed by atoms with E-state index in [1.165, 1.54) is 25.3 Å². The zero-order valence-corrected chi connectivity index (χ0v) is 11.2. The van der Waals surface area contributed by atoms with Crippen LogP contribution in [-0.2, 0) is 0 Å². The van der Waals surface area contributed by atoms with Crippen molar-refractivity contribution in [1.82, 2.24) is 9.80 Å². The van der Waals surface area contributed by atoms with E-state index in [9.17, 15) is 0 Å². The fourth-order valence-corrected chi connectivity index (χ4v) is 1.83. The van der Waals surface area contributed by atoms with E-state index < -0.39 is 0 Å². The lowest BCUT2D eigenvalue weighted by Gasteiger charge is -2.36. The molecule has 0 N–H and O–H groups in total. The van der Waals surface area contributed by atoms with Crippen molar-refractivity contribution in [2.24, 2.45) is 5.92 Å². The summed E-state index contributed by atoms with van der Waals surface area (Å²) in [7, 11) is 0. The van der Waals surface area contributed by atoms with Gasteiger partial charge in [-0.25, -0.2) is 0 Å². The Labute approximate surface area is 95.9 Å². The minimum Gasteiger partial charge on any atom is -0.373 e. The minimum atomic E-state index is 0.788. The van der Waals surface area contributed by atoms with Crippen LogP contribution in [0.25, 0.3) is 0 Å². The second-order valence-electron chi connectivity index (χ2n) is 4.42. The van der Waals surface area contributed by atoms with E-state index in [1.807, 2.05) is 13.8 Å². The van der Waals surface area contributed by atoms with Crippen molar-refractivity contribution < 1.29 is 0 Å². The fourth-order valence-electron chi connectivity index (χ4n) is 1.83. The third-order valence-corrected chi connectivity index (χ3v) is 2.54. The average molecular weight is 212 g/mol. The molecule has 1 aliphatic rings. The molecule has 1 heterocycles. The second kappa shape index (κ2) is 7.75. The lowest BCUT2D eigenvalue weighted by atomic mass is 10.2. The molecule has 1 saturated heterocycles. The largest absolute Gasteiger partial charge is 0.373 e. The van der Waals surface area contributed by atoms with Gasteiger partial charge in [0.05, 0.1) is 0 Å². The molecule has 2 heteroatoms. The lowest BCUT2D eigenvalue weighted by molar-refractivity contribution is 0.146. The average Bonchev–Trinajstić information content (AvgIpc) is 2.20. The van der Waals surface area contributed by atoms with Crippen LogP contribution < -0.4 is 0 Å². The van der Waals surface area contributed by atoms with Gasteiger partial charge in [-0.15, -0.1) is 0 Å². The summed E-state index contributed by atoms with van der Waals surface area (Å²) >= 11 is 0. The van der Waals surface area contributed by atoms with Crippen LogP contribution in [0.1, 0.15) is 34.6 Å². The fraction of sp³-hybridized carbons (Fsp3) is 0.846. The summed E-state index contributed by atoms with van der Waals surface area (Å²) in [5.74, 6) is 0.788. The molecule has 2 nitrogen and oxygen atoms in total. The molecule has 0 saturated carbocycles. The van der Waals surface area contributed by atoms with Gasteiger partial charge in [-0.2, -0.15) is 0 Å². The lowest BCUT2D eigenvalue weighted by Crippen LogP contribution is -2.46. The first kappa shape index (κ1) is 14.5. The van der Waals surface area contributed by atoms with Crippen LogP contribution in [-0.4, -0.2) is 42.5 Å². The van der Waals surface area contributed by atoms with Crippen molar-refractivity contribution in [3.05, 3.63) is 12.3 Å². The minimum absolute atomic E-state index is 0.788. The number of rotatable bonds is 3. The van der Waals surface area contributed by atoms with Crippen LogP contribution in [0.2, 0.25) is 0 Å². The van der Waals surface area contributed by atoms with Crippen molar-refractivity contribution in [2.75, 3.05) is 32.7 Å². The molecular weight excluding hydrogens is 184 g/mol. The standard InChI is InChI=1S/C11H22N2.C2H6/c1-10(2)9-12-5-7-13(8-6-12)11(3)4;1-2/h10H,3,5-9H2,1-2,4H3;1-2H3. The van der Waals surface area contributed by atoms with Gasteiger partial charge in [-0.05, 0) is 12.8 Å². The monoisotopic (exact) mass is 212 g/mol. The molecule has 90 valence electrons. The third kappa shape index (κ3) is 5.83. The van der Waals surface area contributed by atoms with Crippen molar-refractivity contribution in [2.45, 2.75) is 34.6 Å². The highest BCUT2D eigenvalue weighted by atomic mass is 15.3. The van der Waals surface area contributed by atoms with Crippen LogP contribution >= 0.6 is 0 Å². The summed E-state index contributed by atoms with van der Waals surface area (Å²) in [5, 5.41) is 0. The van der Waals surface area contributed by atoms with Crippen LogP contribution in [0.4, 0.5) is 0 Å². The Morgan fingerprint density at radius 3 is 1.93 bits per heavy atom. The maximum atomic E-state index is 3.97. The molecular formula is C13H28N2. The summed E-state index contributed by atoms with van der Waals surface area (Å²) < 4.78 is 0. The Morgan fingerprint density at radius 2 is 1.60 bits per heavy atom. The Balaban J connectivity index is 0.000000921. The molecule has 0 spiro atoms. The normalized spacial score (nSPS) is 17.3. The van der Waals surface area contributed by atoms with E-state index >= 15 is 0 Å². The van der Waals surface area contributed by atoms with Crippen molar-refractivity contribution in [1.29, 1.82) is 0 Å². The Morgan fingerprint density at radius 1 is 1.13 bits per heavy atom. The van der Waals surface area contributed by atoms with Gasteiger partial charge in [0.15, 0.2) is 0 Å². The van der Waals surface area contributed by atoms with Crippen LogP contribution in [0, 0.1) is 5.92 Å². The summed E-state index contributed by atoms with van der Waals surface area (Å²) in [4.78, 5) is 4.92. The smallest absolute Gasteiger partial charge is 0.0303 e. The molecule has 0 aromatic heterocycles. The summed E-state index contributed by atoms with van der Waals surface area (Å²) in [6.45, 7) is 20.6. The van der Waals surface area contributed by atoms with Gasteiger partial charge in [-0.1, -0.05) is 34.3 Å². The zero-order valence-electron chi connectivity index (χ0n) is 11.2. The molecule has 0 unspecified atom stereocenters. The summed E-state index contributed by atoms with van der Waals surface area (Å²) in [6.07, 6.45) is 0. The first-order valence-corrected chi connectivity index (χ1v) is 6.22. The van der Waals surface area contributed by atoms with E-state index in [4.69, 9.17) is 0 Å². The van der Waals surface area contributed by atoms with Gasteiger partial charge in [0, 0.05) is 38.4 Å². The van der Waals surface area contributed by atoms with Crippen LogP contribution in [0.15, 0.2) is 12.3 Å². The van der Waals surface area contributed by atoms with Gasteiger partial charge in [0.25, 0.3) is 0 Å². The molecule has 1 aliphatic heterocycles. The maximum absolute atomic E-state index is 3.97. The van der Waals surface area contributed by atoms with Gasteiger partial charge in [0.1, 0.15) is 0 Å². The van der Waals surface area contributed by atoms with Gasteiger partial charge in [-0.3, -0.25) is 4.90 Å². The van der Waals surface area contributed by atoms with E-state index in [0.717, 1.165) is 19.0 Å². The molecule has 0 aromatic rings. The third-order valence-electron chi connectivity index (χ3n) is 2.54. The van der Waals surface area contributed by atoms with Gasteiger partial charge >= 0.3 is 0 Å². The molecule has 0 amide bonds. The Hall–Kier alpha value is -0.500. The Bertz CT molecular complexity index is 167. The number of hydrogen-bond acceptors (Lipinski definition) is 2. The molecule has 15 heavy (non-hydrogen) atoms. The molecule has 0 atom stereocenters. The van der Waals surface area contributed by atoms with E-state index in [0.29, 0.717) is 0 Å². The van der Waals surface area contributed by atoms with Crippen molar-refractivity contribution >= 4 is 0 Å². The molecule has 0 aliphatic carbocycles. The molecule has 0 radical (unpaired) electrons. The second-order valence-corrected chi connectivity index (χ2v) is 4.42. The summed E-state index contributed by atoms with van der Waals surface area (Å²) in [5.41, 5.74) is 1.21. The molecule has 0 aromatic carbocycles. The van der Waals surface area contributed by atoms with E-state index in [-0.39, 0.29) is 0 Å².